The van der Waals surface area contributed by atoms with E-state index in [4.69, 9.17) is 4.52 Å². The Balaban J connectivity index is 1.54. The van der Waals surface area contributed by atoms with E-state index in [9.17, 15) is 9.59 Å². The number of fused-ring (bicyclic) bond motifs is 3. The highest BCUT2D eigenvalue weighted by Crippen LogP contribution is 2.71. The van der Waals surface area contributed by atoms with Gasteiger partial charge in [-0.25, -0.2) is 0 Å². The van der Waals surface area contributed by atoms with E-state index in [-0.39, 0.29) is 23.7 Å². The minimum atomic E-state index is -3.89. The molecular weight excluding hydrogens is 565 g/mol. The van der Waals surface area contributed by atoms with Crippen LogP contribution in [-0.4, -0.2) is 11.8 Å². The number of para-hydroxylation sites is 1. The quantitative estimate of drug-likeness (QED) is 0.117. The van der Waals surface area contributed by atoms with Gasteiger partial charge in [-0.15, -0.1) is 0 Å². The Hall–Kier alpha value is -4.73. The summed E-state index contributed by atoms with van der Waals surface area (Å²) in [6.07, 6.45) is 0. The van der Waals surface area contributed by atoms with Crippen molar-refractivity contribution in [1.82, 2.24) is 0 Å². The van der Waals surface area contributed by atoms with Crippen LogP contribution in [0, 0.1) is 18.8 Å². The van der Waals surface area contributed by atoms with E-state index < -0.39 is 12.5 Å². The van der Waals surface area contributed by atoms with Gasteiger partial charge < -0.3 is 4.52 Å². The molecular formula is C38H32NO4P. The predicted molar refractivity (Wildman–Crippen MR) is 175 cm³/mol. The molecule has 0 aromatic heterocycles. The number of anilines is 1. The second-order valence-electron chi connectivity index (χ2n) is 11.7. The number of carbonyl (C=O) groups is 2. The number of imide groups is 1. The molecule has 0 saturated carbocycles. The first-order valence-corrected chi connectivity index (χ1v) is 16.5. The highest BCUT2D eigenvalue weighted by molar-refractivity contribution is 7.69. The topological polar surface area (TPSA) is 63.7 Å². The molecule has 1 saturated heterocycles. The first-order chi connectivity index (χ1) is 21.3. The van der Waals surface area contributed by atoms with Crippen LogP contribution in [0.25, 0.3) is 11.1 Å². The molecule has 0 N–H and O–H groups in total. The van der Waals surface area contributed by atoms with Crippen molar-refractivity contribution >= 4 is 30.2 Å². The van der Waals surface area contributed by atoms with Crippen LogP contribution in [0.15, 0.2) is 127 Å². The number of amides is 2. The Morgan fingerprint density at radius 3 is 1.75 bits per heavy atom. The lowest BCUT2D eigenvalue weighted by Crippen LogP contribution is -2.38. The van der Waals surface area contributed by atoms with E-state index >= 15 is 4.57 Å². The van der Waals surface area contributed by atoms with Gasteiger partial charge in [0.05, 0.1) is 11.0 Å². The van der Waals surface area contributed by atoms with Crippen molar-refractivity contribution in [3.63, 3.8) is 0 Å². The molecule has 5 nitrogen and oxygen atoms in total. The number of carbonyl (C=O) groups excluding carboxylic acids is 2. The fraction of sp³-hybridized carbons (Fsp3) is 0.158. The zero-order valence-corrected chi connectivity index (χ0v) is 25.7. The maximum Gasteiger partial charge on any atom is 0.296 e. The van der Waals surface area contributed by atoms with Gasteiger partial charge in [-0.05, 0) is 53.4 Å². The van der Waals surface area contributed by atoms with Crippen LogP contribution in [0.4, 0.5) is 5.69 Å². The Labute approximate surface area is 257 Å². The first-order valence-electron chi connectivity index (χ1n) is 14.9. The average molecular weight is 598 g/mol. The molecule has 6 heteroatoms. The van der Waals surface area contributed by atoms with Crippen molar-refractivity contribution in [2.24, 2.45) is 11.8 Å². The zero-order chi connectivity index (χ0) is 30.6. The summed E-state index contributed by atoms with van der Waals surface area (Å²) in [5, 5.41) is -0.635. The highest BCUT2D eigenvalue weighted by Gasteiger charge is 2.58. The third-order valence-corrected chi connectivity index (χ3v) is 12.4. The Morgan fingerprint density at radius 2 is 1.11 bits per heavy atom. The van der Waals surface area contributed by atoms with Crippen LogP contribution >= 0.6 is 7.37 Å². The van der Waals surface area contributed by atoms with E-state index in [0.717, 1.165) is 33.4 Å². The SMILES string of the molecule is Cc1ccc(C(c2ccccc2)(c2ccc(N3C(=O)C(C)C(C)C3=O)cc2)P2(=O)Oc3ccccc3-c3ccccc32)cc1. The number of benzene rings is 5. The highest BCUT2D eigenvalue weighted by atomic mass is 31.2. The van der Waals surface area contributed by atoms with Crippen LogP contribution in [0.2, 0.25) is 0 Å². The number of rotatable bonds is 5. The van der Waals surface area contributed by atoms with Gasteiger partial charge >= 0.3 is 0 Å². The maximum absolute atomic E-state index is 16.3. The molecule has 44 heavy (non-hydrogen) atoms. The normalized spacial score (nSPS) is 22.1. The molecule has 2 aliphatic heterocycles. The molecule has 5 aromatic carbocycles. The molecule has 0 spiro atoms. The fourth-order valence-electron chi connectivity index (χ4n) is 6.70. The van der Waals surface area contributed by atoms with Gasteiger partial charge in [0.1, 0.15) is 10.9 Å². The number of hydrogen-bond donors (Lipinski definition) is 0. The summed E-state index contributed by atoms with van der Waals surface area (Å²) in [7, 11) is -3.89. The van der Waals surface area contributed by atoms with Crippen molar-refractivity contribution in [3.8, 4) is 16.9 Å². The molecule has 2 amide bonds. The third kappa shape index (κ3) is 3.96. The molecule has 2 heterocycles. The van der Waals surface area contributed by atoms with Crippen molar-refractivity contribution in [2.45, 2.75) is 25.9 Å². The molecule has 7 rings (SSSR count). The van der Waals surface area contributed by atoms with Gasteiger partial charge in [0.2, 0.25) is 11.8 Å². The van der Waals surface area contributed by atoms with Gasteiger partial charge in [0.15, 0.2) is 0 Å². The van der Waals surface area contributed by atoms with E-state index in [2.05, 4.69) is 0 Å². The molecule has 5 aromatic rings. The van der Waals surface area contributed by atoms with Crippen LogP contribution in [0.5, 0.6) is 5.75 Å². The fourth-order valence-corrected chi connectivity index (χ4v) is 9.99. The van der Waals surface area contributed by atoms with Gasteiger partial charge in [-0.3, -0.25) is 19.1 Å². The Bertz CT molecular complexity index is 1930. The number of aryl methyl sites for hydroxylation is 1. The lowest BCUT2D eigenvalue weighted by Gasteiger charge is -2.44. The van der Waals surface area contributed by atoms with Crippen LogP contribution in [0.1, 0.15) is 36.1 Å². The summed E-state index contributed by atoms with van der Waals surface area (Å²) < 4.78 is 23.2. The van der Waals surface area contributed by atoms with E-state index in [0.29, 0.717) is 16.7 Å². The van der Waals surface area contributed by atoms with Gasteiger partial charge in [-0.1, -0.05) is 123 Å². The summed E-state index contributed by atoms with van der Waals surface area (Å²) >= 11 is 0. The minimum absolute atomic E-state index is 0.211. The van der Waals surface area contributed by atoms with Crippen molar-refractivity contribution in [2.75, 3.05) is 4.90 Å². The summed E-state index contributed by atoms with van der Waals surface area (Å²) in [4.78, 5) is 27.4. The molecule has 4 unspecified atom stereocenters. The molecule has 0 aliphatic carbocycles. The lowest BCUT2D eigenvalue weighted by atomic mass is 9.83. The van der Waals surface area contributed by atoms with Crippen molar-refractivity contribution in [3.05, 3.63) is 150 Å². The molecule has 0 radical (unpaired) electrons. The molecule has 1 fully saturated rings. The van der Waals surface area contributed by atoms with E-state index in [1.54, 1.807) is 26.0 Å². The summed E-state index contributed by atoms with van der Waals surface area (Å²) in [6, 6.07) is 40.8. The lowest BCUT2D eigenvalue weighted by molar-refractivity contribution is -0.122. The largest absolute Gasteiger partial charge is 0.438 e. The van der Waals surface area contributed by atoms with Crippen molar-refractivity contribution in [1.29, 1.82) is 0 Å². The third-order valence-electron chi connectivity index (χ3n) is 9.24. The maximum atomic E-state index is 16.3. The standard InChI is InChI=1S/C38H32NO4P/c1-25-17-19-29(20-18-25)38(28-11-5-4-6-12-28,30-21-23-31(24-22-30)39-36(40)26(2)27(3)37(39)41)44(42)35-16-10-8-14-33(35)32-13-7-9-15-34(32)43-44/h4-24,26-27H,1-3H3. The summed E-state index contributed by atoms with van der Waals surface area (Å²) in [5.41, 5.74) is 5.70. The summed E-state index contributed by atoms with van der Waals surface area (Å²) in [5.74, 6) is -0.633. The minimum Gasteiger partial charge on any atom is -0.438 e. The van der Waals surface area contributed by atoms with E-state index in [1.807, 2.05) is 122 Å². The second-order valence-corrected chi connectivity index (χ2v) is 14.2. The van der Waals surface area contributed by atoms with Gasteiger partial charge in [-0.2, -0.15) is 0 Å². The van der Waals surface area contributed by atoms with Gasteiger partial charge in [0.25, 0.3) is 7.37 Å². The number of hydrogen-bond acceptors (Lipinski definition) is 4. The predicted octanol–water partition coefficient (Wildman–Crippen LogP) is 8.10. The van der Waals surface area contributed by atoms with Crippen LogP contribution in [0.3, 0.4) is 0 Å². The molecule has 4 atom stereocenters. The average Bonchev–Trinajstić information content (AvgIpc) is 3.25. The van der Waals surface area contributed by atoms with Crippen LogP contribution in [-0.2, 0) is 19.3 Å². The van der Waals surface area contributed by atoms with E-state index in [1.165, 1.54) is 4.90 Å². The monoisotopic (exact) mass is 597 g/mol. The number of nitrogens with zero attached hydrogens (tertiary/aromatic N) is 1. The molecule has 218 valence electrons. The smallest absolute Gasteiger partial charge is 0.296 e. The van der Waals surface area contributed by atoms with Crippen molar-refractivity contribution < 1.29 is 18.7 Å². The Morgan fingerprint density at radius 1 is 0.614 bits per heavy atom. The zero-order valence-electron chi connectivity index (χ0n) is 24.8. The van der Waals surface area contributed by atoms with Crippen LogP contribution < -0.4 is 14.7 Å². The molecule has 0 bridgehead atoms. The van der Waals surface area contributed by atoms with Gasteiger partial charge in [0, 0.05) is 17.4 Å². The molecule has 2 aliphatic rings. The second kappa shape index (κ2) is 10.5. The summed E-state index contributed by atoms with van der Waals surface area (Å²) in [6.45, 7) is 5.61. The Kier molecular flexibility index (Phi) is 6.68. The first kappa shape index (κ1) is 28.1.